The van der Waals surface area contributed by atoms with Crippen LogP contribution in [0, 0.1) is 5.41 Å². The molecule has 0 radical (unpaired) electrons. The van der Waals surface area contributed by atoms with Gasteiger partial charge in [-0.25, -0.2) is 5.43 Å². The van der Waals surface area contributed by atoms with Gasteiger partial charge in [-0.15, -0.1) is 12.4 Å². The summed E-state index contributed by atoms with van der Waals surface area (Å²) >= 11 is 0. The van der Waals surface area contributed by atoms with E-state index in [-0.39, 0.29) is 18.4 Å². The summed E-state index contributed by atoms with van der Waals surface area (Å²) in [4.78, 5) is 3.18. The number of aromatic amines is 1. The number of rotatable bonds is 4. The lowest BCUT2D eigenvalue weighted by molar-refractivity contribution is 0.329. The first-order valence-corrected chi connectivity index (χ1v) is 5.59. The van der Waals surface area contributed by atoms with Crippen LogP contribution in [-0.2, 0) is 0 Å². The maximum atomic E-state index is 7.03. The predicted molar refractivity (Wildman–Crippen MR) is 79.4 cm³/mol. The monoisotopic (exact) mass is 281 g/mol. The number of aromatic nitrogens is 1. The summed E-state index contributed by atoms with van der Waals surface area (Å²) in [6.45, 7) is 2.48. The highest BCUT2D eigenvalue weighted by atomic mass is 35.5. The Bertz CT molecular complexity index is 593. The van der Waals surface area contributed by atoms with Crippen molar-refractivity contribution in [1.82, 2.24) is 10.4 Å². The van der Waals surface area contributed by atoms with Gasteiger partial charge in [0.2, 0.25) is 11.8 Å². The van der Waals surface area contributed by atoms with Crippen molar-refractivity contribution in [3.8, 4) is 5.88 Å². The molecule has 0 aliphatic rings. The van der Waals surface area contributed by atoms with Gasteiger partial charge in [0.25, 0.3) is 0 Å². The van der Waals surface area contributed by atoms with Gasteiger partial charge >= 0.3 is 0 Å². The minimum Gasteiger partial charge on any atom is -0.479 e. The Morgan fingerprint density at radius 2 is 2.26 bits per heavy atom. The predicted octanol–water partition coefficient (Wildman–Crippen LogP) is 1.81. The molecule has 0 aliphatic heterocycles. The van der Waals surface area contributed by atoms with Crippen molar-refractivity contribution in [2.24, 2.45) is 10.8 Å². The average molecular weight is 282 g/mol. The molecule has 1 aromatic heterocycles. The van der Waals surface area contributed by atoms with Crippen molar-refractivity contribution in [1.29, 1.82) is 5.41 Å². The van der Waals surface area contributed by atoms with E-state index >= 15 is 0 Å². The zero-order valence-corrected chi connectivity index (χ0v) is 11.3. The smallest absolute Gasteiger partial charge is 0.206 e. The summed E-state index contributed by atoms with van der Waals surface area (Å²) in [5.74, 6) is 0.455. The van der Waals surface area contributed by atoms with Crippen molar-refractivity contribution in [2.45, 2.75) is 6.92 Å². The topological polar surface area (TPSA) is 99.3 Å². The molecule has 102 valence electrons. The van der Waals surface area contributed by atoms with Crippen molar-refractivity contribution >= 4 is 35.5 Å². The molecule has 0 bridgehead atoms. The third kappa shape index (κ3) is 3.38. The minimum absolute atomic E-state index is 0. The number of nitrogens with one attached hydrogen (secondary N) is 3. The van der Waals surface area contributed by atoms with Gasteiger partial charge in [-0.2, -0.15) is 5.10 Å². The number of benzene rings is 1. The fourth-order valence-electron chi connectivity index (χ4n) is 1.69. The van der Waals surface area contributed by atoms with E-state index in [4.69, 9.17) is 15.9 Å². The number of nitrogens with zero attached hydrogens (tertiary/aromatic N) is 1. The number of H-pyrrole nitrogens is 1. The number of para-hydroxylation sites is 1. The molecule has 2 aromatic rings. The largest absolute Gasteiger partial charge is 0.479 e. The standard InChI is InChI=1S/C12H15N5O.ClH/c1-2-18-11-9(7-15-17-12(13)14)8-5-3-4-6-10(8)16-11;/h3-7,16H,2H2,1H3,(H4,13,14,17);1H/b15-7+;. The summed E-state index contributed by atoms with van der Waals surface area (Å²) in [5, 5.41) is 11.9. The Kier molecular flexibility index (Phi) is 5.20. The Morgan fingerprint density at radius 1 is 1.53 bits per heavy atom. The average Bonchev–Trinajstić information content (AvgIpc) is 2.68. The van der Waals surface area contributed by atoms with E-state index in [1.165, 1.54) is 0 Å². The van der Waals surface area contributed by atoms with Crippen LogP contribution in [-0.4, -0.2) is 23.8 Å². The van der Waals surface area contributed by atoms with Gasteiger partial charge in [0.1, 0.15) is 0 Å². The van der Waals surface area contributed by atoms with Gasteiger partial charge < -0.3 is 15.5 Å². The van der Waals surface area contributed by atoms with Gasteiger partial charge in [0.05, 0.1) is 18.4 Å². The summed E-state index contributed by atoms with van der Waals surface area (Å²) in [7, 11) is 0. The third-order valence-electron chi connectivity index (χ3n) is 2.38. The SMILES string of the molecule is CCOc1[nH]c2ccccc2c1/C=N/NC(=N)N.Cl. The second-order valence-corrected chi connectivity index (χ2v) is 3.63. The summed E-state index contributed by atoms with van der Waals surface area (Å²) in [6, 6.07) is 7.84. The van der Waals surface area contributed by atoms with Crippen LogP contribution < -0.4 is 15.9 Å². The van der Waals surface area contributed by atoms with Crippen LogP contribution in [0.3, 0.4) is 0 Å². The van der Waals surface area contributed by atoms with E-state index in [0.29, 0.717) is 12.5 Å². The number of hydrogen-bond donors (Lipinski definition) is 4. The molecule has 0 fully saturated rings. The van der Waals surface area contributed by atoms with Crippen molar-refractivity contribution < 1.29 is 4.74 Å². The maximum Gasteiger partial charge on any atom is 0.206 e. The Labute approximate surface area is 116 Å². The molecule has 1 aromatic carbocycles. The molecular formula is C12H16ClN5O. The Balaban J connectivity index is 0.00000180. The molecule has 0 saturated carbocycles. The first-order chi connectivity index (χ1) is 8.72. The van der Waals surface area contributed by atoms with Gasteiger partial charge in [0, 0.05) is 10.9 Å². The van der Waals surface area contributed by atoms with Gasteiger partial charge in [-0.1, -0.05) is 18.2 Å². The lowest BCUT2D eigenvalue weighted by Crippen LogP contribution is -2.25. The van der Waals surface area contributed by atoms with E-state index in [0.717, 1.165) is 16.5 Å². The molecule has 1 heterocycles. The van der Waals surface area contributed by atoms with E-state index in [1.807, 2.05) is 31.2 Å². The number of guanidine groups is 1. The lowest BCUT2D eigenvalue weighted by Gasteiger charge is -2.00. The highest BCUT2D eigenvalue weighted by molar-refractivity contribution is 6.02. The normalized spacial score (nSPS) is 10.4. The Hall–Kier alpha value is -2.21. The molecule has 0 saturated heterocycles. The van der Waals surface area contributed by atoms with Crippen LogP contribution in [0.1, 0.15) is 12.5 Å². The van der Waals surface area contributed by atoms with E-state index in [1.54, 1.807) is 6.21 Å². The van der Waals surface area contributed by atoms with Gasteiger partial charge in [-0.3, -0.25) is 5.41 Å². The van der Waals surface area contributed by atoms with Crippen LogP contribution in [0.2, 0.25) is 0 Å². The second-order valence-electron chi connectivity index (χ2n) is 3.63. The second kappa shape index (κ2) is 6.65. The third-order valence-corrected chi connectivity index (χ3v) is 2.38. The number of hydrogen-bond acceptors (Lipinski definition) is 3. The molecule has 19 heavy (non-hydrogen) atoms. The molecule has 0 unspecified atom stereocenters. The quantitative estimate of drug-likeness (QED) is 0.391. The highest BCUT2D eigenvalue weighted by Gasteiger charge is 2.09. The van der Waals surface area contributed by atoms with Crippen molar-refractivity contribution in [2.75, 3.05) is 6.61 Å². The first kappa shape index (κ1) is 14.8. The molecule has 0 aliphatic carbocycles. The van der Waals surface area contributed by atoms with Crippen molar-refractivity contribution in [3.05, 3.63) is 29.8 Å². The van der Waals surface area contributed by atoms with E-state index in [9.17, 15) is 0 Å². The fourth-order valence-corrected chi connectivity index (χ4v) is 1.69. The molecule has 2 rings (SSSR count). The van der Waals surface area contributed by atoms with Crippen LogP contribution >= 0.6 is 12.4 Å². The van der Waals surface area contributed by atoms with Gasteiger partial charge in [0.15, 0.2) is 0 Å². The maximum absolute atomic E-state index is 7.03. The lowest BCUT2D eigenvalue weighted by atomic mass is 10.2. The minimum atomic E-state index is -0.205. The van der Waals surface area contributed by atoms with Crippen LogP contribution in [0.4, 0.5) is 0 Å². The van der Waals surface area contributed by atoms with E-state index < -0.39 is 0 Å². The number of nitrogens with two attached hydrogens (primary N) is 1. The van der Waals surface area contributed by atoms with Crippen LogP contribution in [0.5, 0.6) is 5.88 Å². The number of halogens is 1. The van der Waals surface area contributed by atoms with E-state index in [2.05, 4.69) is 15.5 Å². The van der Waals surface area contributed by atoms with Crippen LogP contribution in [0.15, 0.2) is 29.4 Å². The van der Waals surface area contributed by atoms with Gasteiger partial charge in [-0.05, 0) is 13.0 Å². The Morgan fingerprint density at radius 3 is 2.95 bits per heavy atom. The molecule has 0 amide bonds. The highest BCUT2D eigenvalue weighted by Crippen LogP contribution is 2.26. The number of ether oxygens (including phenoxy) is 1. The van der Waals surface area contributed by atoms with Crippen LogP contribution in [0.25, 0.3) is 10.9 Å². The molecule has 7 heteroatoms. The zero-order chi connectivity index (χ0) is 13.0. The fraction of sp³-hybridized carbons (Fsp3) is 0.167. The number of fused-ring (bicyclic) bond motifs is 1. The van der Waals surface area contributed by atoms with Crippen molar-refractivity contribution in [3.63, 3.8) is 0 Å². The molecule has 5 N–H and O–H groups in total. The first-order valence-electron chi connectivity index (χ1n) is 5.59. The number of hydrazone groups is 1. The molecule has 6 nitrogen and oxygen atoms in total. The molecular weight excluding hydrogens is 266 g/mol. The molecule has 0 atom stereocenters. The molecule has 0 spiro atoms. The summed E-state index contributed by atoms with van der Waals surface area (Å²) in [6.07, 6.45) is 1.59. The summed E-state index contributed by atoms with van der Waals surface area (Å²) < 4.78 is 5.52. The zero-order valence-electron chi connectivity index (χ0n) is 10.4. The summed E-state index contributed by atoms with van der Waals surface area (Å²) in [5.41, 5.74) is 9.35.